The van der Waals surface area contributed by atoms with Crippen LogP contribution >= 0.6 is 46.1 Å². The number of rotatable bonds is 1. The van der Waals surface area contributed by atoms with E-state index in [4.69, 9.17) is 34.8 Å². The summed E-state index contributed by atoms with van der Waals surface area (Å²) in [6, 6.07) is 3.35. The zero-order valence-corrected chi connectivity index (χ0v) is 8.27. The fourth-order valence-corrected chi connectivity index (χ4v) is 1.74. The van der Waals surface area contributed by atoms with Crippen molar-refractivity contribution in [3.63, 3.8) is 0 Å². The van der Waals surface area contributed by atoms with Crippen molar-refractivity contribution >= 4 is 51.9 Å². The van der Waals surface area contributed by atoms with Crippen LogP contribution in [0.1, 0.15) is 9.67 Å². The smallest absolute Gasteiger partial charge is 0.254 e. The topological polar surface area (TPSA) is 17.1 Å². The molecule has 0 aromatic carbocycles. The maximum absolute atomic E-state index is 11.1. The minimum absolute atomic E-state index is 0.463. The van der Waals surface area contributed by atoms with Crippen molar-refractivity contribution in [1.29, 1.82) is 0 Å². The largest absolute Gasteiger partial charge is 0.288 e. The molecule has 11 heavy (non-hydrogen) atoms. The molecule has 1 aromatic heterocycles. The molecular weight excluding hydrogens is 226 g/mol. The summed E-state index contributed by atoms with van der Waals surface area (Å²) < 4.78 is -1.83. The van der Waals surface area contributed by atoms with E-state index in [0.717, 1.165) is 0 Å². The Morgan fingerprint density at radius 1 is 1.45 bits per heavy atom. The van der Waals surface area contributed by atoms with Crippen LogP contribution in [0.5, 0.6) is 0 Å². The first-order valence-corrected chi connectivity index (χ1v) is 4.68. The van der Waals surface area contributed by atoms with Gasteiger partial charge >= 0.3 is 0 Å². The van der Waals surface area contributed by atoms with Crippen LogP contribution in [0.2, 0.25) is 0 Å². The normalized spacial score (nSPS) is 11.5. The quantitative estimate of drug-likeness (QED) is 0.533. The van der Waals surface area contributed by atoms with Gasteiger partial charge in [0.25, 0.3) is 3.79 Å². The van der Waals surface area contributed by atoms with Gasteiger partial charge in [-0.3, -0.25) is 4.79 Å². The number of Topliss-reactive ketones (excluding diaryl/α,β-unsaturated/α-hetero) is 1. The highest BCUT2D eigenvalue weighted by molar-refractivity contribution is 7.12. The van der Waals surface area contributed by atoms with Crippen LogP contribution in [0.4, 0.5) is 0 Å². The third-order valence-electron chi connectivity index (χ3n) is 1.00. The van der Waals surface area contributed by atoms with Crippen molar-refractivity contribution in [3.05, 3.63) is 22.4 Å². The SMILES string of the molecule is O=C(c1cccs1)C(Cl)(Cl)Cl. The van der Waals surface area contributed by atoms with Gasteiger partial charge in [-0.1, -0.05) is 40.9 Å². The molecule has 60 valence electrons. The lowest BCUT2D eigenvalue weighted by molar-refractivity contribution is 0.1000. The molecule has 0 radical (unpaired) electrons. The number of halogens is 3. The number of alkyl halides is 3. The van der Waals surface area contributed by atoms with Crippen molar-refractivity contribution in [3.8, 4) is 0 Å². The summed E-state index contributed by atoms with van der Waals surface area (Å²) in [5.41, 5.74) is 0. The highest BCUT2D eigenvalue weighted by atomic mass is 35.6. The van der Waals surface area contributed by atoms with Crippen molar-refractivity contribution < 1.29 is 4.79 Å². The number of hydrogen-bond acceptors (Lipinski definition) is 2. The predicted molar refractivity (Wildman–Crippen MR) is 48.9 cm³/mol. The average Bonchev–Trinajstić information content (AvgIpc) is 2.34. The van der Waals surface area contributed by atoms with Crippen molar-refractivity contribution in [2.75, 3.05) is 0 Å². The van der Waals surface area contributed by atoms with E-state index in [1.165, 1.54) is 11.3 Å². The van der Waals surface area contributed by atoms with E-state index in [1.54, 1.807) is 17.5 Å². The lowest BCUT2D eigenvalue weighted by Crippen LogP contribution is -2.17. The Morgan fingerprint density at radius 3 is 2.45 bits per heavy atom. The molecule has 0 spiro atoms. The molecular formula is C6H3Cl3OS. The molecule has 0 fully saturated rings. The highest BCUT2D eigenvalue weighted by Gasteiger charge is 2.31. The van der Waals surface area contributed by atoms with E-state index in [2.05, 4.69) is 0 Å². The molecule has 0 amide bonds. The van der Waals surface area contributed by atoms with Crippen molar-refractivity contribution in [2.24, 2.45) is 0 Å². The molecule has 1 aromatic rings. The fraction of sp³-hybridized carbons (Fsp3) is 0.167. The summed E-state index contributed by atoms with van der Waals surface area (Å²) in [5.74, 6) is -0.475. The number of carbonyl (C=O) groups excluding carboxylic acids is 1. The molecule has 0 atom stereocenters. The van der Waals surface area contributed by atoms with Gasteiger partial charge in [0.05, 0.1) is 4.88 Å². The van der Waals surface area contributed by atoms with Gasteiger partial charge in [-0.05, 0) is 11.4 Å². The maximum atomic E-state index is 11.1. The van der Waals surface area contributed by atoms with E-state index < -0.39 is 9.58 Å². The lowest BCUT2D eigenvalue weighted by atomic mass is 10.3. The van der Waals surface area contributed by atoms with Crippen molar-refractivity contribution in [1.82, 2.24) is 0 Å². The first kappa shape index (κ1) is 9.33. The Kier molecular flexibility index (Phi) is 2.81. The maximum Gasteiger partial charge on any atom is 0.254 e. The van der Waals surface area contributed by atoms with E-state index in [0.29, 0.717) is 4.88 Å². The van der Waals surface area contributed by atoms with E-state index >= 15 is 0 Å². The van der Waals surface area contributed by atoms with Crippen LogP contribution in [0.3, 0.4) is 0 Å². The molecule has 5 heteroatoms. The summed E-state index contributed by atoms with van der Waals surface area (Å²) >= 11 is 17.3. The van der Waals surface area contributed by atoms with Gasteiger partial charge in [0, 0.05) is 0 Å². The Labute approximate surface area is 82.9 Å². The van der Waals surface area contributed by atoms with Crippen LogP contribution in [0.25, 0.3) is 0 Å². The predicted octanol–water partition coefficient (Wildman–Crippen LogP) is 3.30. The molecule has 1 nitrogen and oxygen atoms in total. The minimum atomic E-state index is -1.83. The second-order valence-corrected chi connectivity index (χ2v) is 5.03. The molecule has 0 bridgehead atoms. The lowest BCUT2D eigenvalue weighted by Gasteiger charge is -2.05. The van der Waals surface area contributed by atoms with Crippen LogP contribution in [0.15, 0.2) is 17.5 Å². The molecule has 1 heterocycles. The third kappa shape index (κ3) is 2.34. The standard InChI is InChI=1S/C6H3Cl3OS/c7-6(8,9)5(10)4-2-1-3-11-4/h1-3H. The van der Waals surface area contributed by atoms with E-state index in [1.807, 2.05) is 0 Å². The van der Waals surface area contributed by atoms with Gasteiger partial charge in [-0.15, -0.1) is 11.3 Å². The van der Waals surface area contributed by atoms with Gasteiger partial charge in [0.1, 0.15) is 0 Å². The zero-order chi connectivity index (χ0) is 8.48. The summed E-state index contributed by atoms with van der Waals surface area (Å²) in [7, 11) is 0. The van der Waals surface area contributed by atoms with Crippen molar-refractivity contribution in [2.45, 2.75) is 3.79 Å². The first-order chi connectivity index (χ1) is 5.02. The fourth-order valence-electron chi connectivity index (χ4n) is 0.547. The Balaban J connectivity index is 2.88. The second-order valence-electron chi connectivity index (χ2n) is 1.80. The Hall–Kier alpha value is 0.240. The molecule has 0 aliphatic heterocycles. The number of carbonyl (C=O) groups is 1. The van der Waals surface area contributed by atoms with Gasteiger partial charge < -0.3 is 0 Å². The number of thiophene rings is 1. The van der Waals surface area contributed by atoms with Gasteiger partial charge in [0.15, 0.2) is 0 Å². The van der Waals surface area contributed by atoms with Crippen LogP contribution in [0, 0.1) is 0 Å². The summed E-state index contributed by atoms with van der Waals surface area (Å²) in [6.07, 6.45) is 0. The molecule has 0 saturated carbocycles. The average molecular weight is 230 g/mol. The van der Waals surface area contributed by atoms with Gasteiger partial charge in [0.2, 0.25) is 5.78 Å². The molecule has 0 saturated heterocycles. The molecule has 0 unspecified atom stereocenters. The molecule has 0 N–H and O–H groups in total. The molecule has 0 aliphatic rings. The van der Waals surface area contributed by atoms with Crippen LogP contribution < -0.4 is 0 Å². The summed E-state index contributed by atoms with van der Waals surface area (Å²) in [5, 5.41) is 1.75. The first-order valence-electron chi connectivity index (χ1n) is 2.67. The number of ketones is 1. The van der Waals surface area contributed by atoms with E-state index in [9.17, 15) is 4.79 Å². The van der Waals surface area contributed by atoms with Crippen LogP contribution in [-0.2, 0) is 0 Å². The van der Waals surface area contributed by atoms with Crippen LogP contribution in [-0.4, -0.2) is 9.58 Å². The molecule has 0 aliphatic carbocycles. The summed E-state index contributed by atoms with van der Waals surface area (Å²) in [6.45, 7) is 0. The second kappa shape index (κ2) is 3.31. The Morgan fingerprint density at radius 2 is 2.09 bits per heavy atom. The zero-order valence-electron chi connectivity index (χ0n) is 5.18. The minimum Gasteiger partial charge on any atom is -0.288 e. The third-order valence-corrected chi connectivity index (χ3v) is 2.39. The molecule has 1 rings (SSSR count). The number of hydrogen-bond donors (Lipinski definition) is 0. The highest BCUT2D eigenvalue weighted by Crippen LogP contribution is 2.31. The van der Waals surface area contributed by atoms with Gasteiger partial charge in [-0.25, -0.2) is 0 Å². The summed E-state index contributed by atoms with van der Waals surface area (Å²) in [4.78, 5) is 11.6. The van der Waals surface area contributed by atoms with Gasteiger partial charge in [-0.2, -0.15) is 0 Å². The monoisotopic (exact) mass is 228 g/mol. The Bertz CT molecular complexity index is 249. The van der Waals surface area contributed by atoms with E-state index in [-0.39, 0.29) is 0 Å².